The third kappa shape index (κ3) is 4.06. The molecule has 0 saturated carbocycles. The van der Waals surface area contributed by atoms with E-state index >= 15 is 0 Å². The number of halogens is 2. The van der Waals surface area contributed by atoms with Crippen molar-refractivity contribution in [1.29, 1.82) is 0 Å². The van der Waals surface area contributed by atoms with Crippen molar-refractivity contribution >= 4 is 17.5 Å². The van der Waals surface area contributed by atoms with Gasteiger partial charge in [-0.1, -0.05) is 23.7 Å². The average Bonchev–Trinajstić information content (AvgIpc) is 2.46. The number of aryl methyl sites for hydroxylation is 2. The minimum atomic E-state index is -0.961. The number of pyridine rings is 1. The number of hydrogen-bond acceptors (Lipinski definition) is 3. The van der Waals surface area contributed by atoms with Crippen LogP contribution in [0.5, 0.6) is 0 Å². The van der Waals surface area contributed by atoms with Crippen molar-refractivity contribution in [3.05, 3.63) is 63.7 Å². The van der Waals surface area contributed by atoms with Gasteiger partial charge in [0.05, 0.1) is 17.7 Å². The lowest BCUT2D eigenvalue weighted by molar-refractivity contribution is 0.0851. The van der Waals surface area contributed by atoms with Crippen LogP contribution in [0.2, 0.25) is 5.15 Å². The van der Waals surface area contributed by atoms with Gasteiger partial charge in [-0.3, -0.25) is 4.79 Å². The molecule has 0 radical (unpaired) electrons. The van der Waals surface area contributed by atoms with E-state index in [0.717, 1.165) is 5.69 Å². The van der Waals surface area contributed by atoms with E-state index in [-0.39, 0.29) is 16.5 Å². The van der Waals surface area contributed by atoms with E-state index in [9.17, 15) is 14.3 Å². The van der Waals surface area contributed by atoms with Gasteiger partial charge < -0.3 is 10.4 Å². The van der Waals surface area contributed by atoms with Gasteiger partial charge >= 0.3 is 0 Å². The predicted octanol–water partition coefficient (Wildman–Crippen LogP) is 3.34. The Balaban J connectivity index is 2.15. The summed E-state index contributed by atoms with van der Waals surface area (Å²) in [6, 6.07) is 6.67. The van der Waals surface area contributed by atoms with Crippen LogP contribution in [0.15, 0.2) is 30.3 Å². The number of rotatable bonds is 4. The van der Waals surface area contributed by atoms with Gasteiger partial charge in [0.15, 0.2) is 0 Å². The van der Waals surface area contributed by atoms with Gasteiger partial charge in [0.1, 0.15) is 11.0 Å². The molecule has 23 heavy (non-hydrogen) atoms. The molecule has 2 rings (SSSR count). The summed E-state index contributed by atoms with van der Waals surface area (Å²) in [4.78, 5) is 16.5. The Bertz CT molecular complexity index is 696. The Hall–Kier alpha value is -1.98. The highest BCUT2D eigenvalue weighted by molar-refractivity contribution is 6.32. The van der Waals surface area contributed by atoms with E-state index in [1.54, 1.807) is 26.8 Å². The molecule has 6 heteroatoms. The first-order valence-corrected chi connectivity index (χ1v) is 7.55. The highest BCUT2D eigenvalue weighted by atomic mass is 35.5. The third-order valence-corrected chi connectivity index (χ3v) is 3.84. The first-order chi connectivity index (χ1) is 10.8. The second-order valence-corrected chi connectivity index (χ2v) is 5.86. The topological polar surface area (TPSA) is 62.2 Å². The maximum Gasteiger partial charge on any atom is 0.254 e. The van der Waals surface area contributed by atoms with Crippen molar-refractivity contribution < 1.29 is 14.3 Å². The Morgan fingerprint density at radius 3 is 2.48 bits per heavy atom. The maximum absolute atomic E-state index is 12.9. The number of benzene rings is 1. The van der Waals surface area contributed by atoms with Crippen LogP contribution in [0, 0.1) is 19.7 Å². The first-order valence-electron chi connectivity index (χ1n) is 7.17. The Kier molecular flexibility index (Phi) is 5.34. The summed E-state index contributed by atoms with van der Waals surface area (Å²) in [7, 11) is 0. The Morgan fingerprint density at radius 1 is 1.30 bits per heavy atom. The molecule has 1 amide bonds. The molecule has 2 atom stereocenters. The van der Waals surface area contributed by atoms with Gasteiger partial charge in [-0.05, 0) is 50.1 Å². The fourth-order valence-corrected chi connectivity index (χ4v) is 2.74. The van der Waals surface area contributed by atoms with Gasteiger partial charge in [0.25, 0.3) is 5.91 Å². The van der Waals surface area contributed by atoms with Gasteiger partial charge in [-0.2, -0.15) is 0 Å². The van der Waals surface area contributed by atoms with E-state index in [0.29, 0.717) is 11.1 Å². The number of aliphatic hydroxyl groups excluding tert-OH is 1. The van der Waals surface area contributed by atoms with Crippen LogP contribution in [0.4, 0.5) is 4.39 Å². The number of nitrogens with one attached hydrogen (secondary N) is 1. The van der Waals surface area contributed by atoms with Crippen LogP contribution >= 0.6 is 11.6 Å². The molecule has 0 saturated heterocycles. The molecule has 0 aliphatic carbocycles. The first kappa shape index (κ1) is 17.4. The monoisotopic (exact) mass is 336 g/mol. The van der Waals surface area contributed by atoms with Crippen LogP contribution in [0.1, 0.15) is 40.2 Å². The molecule has 2 N–H and O–H groups in total. The average molecular weight is 337 g/mol. The largest absolute Gasteiger partial charge is 0.386 e. The summed E-state index contributed by atoms with van der Waals surface area (Å²) in [5.41, 5.74) is 2.24. The van der Waals surface area contributed by atoms with Gasteiger partial charge in [0.2, 0.25) is 0 Å². The van der Waals surface area contributed by atoms with Gasteiger partial charge in [-0.15, -0.1) is 0 Å². The van der Waals surface area contributed by atoms with E-state index in [2.05, 4.69) is 10.3 Å². The molecule has 0 fully saturated rings. The normalized spacial score (nSPS) is 13.5. The lowest BCUT2D eigenvalue weighted by Gasteiger charge is -2.21. The molecule has 0 aliphatic rings. The van der Waals surface area contributed by atoms with Crippen molar-refractivity contribution in [2.24, 2.45) is 0 Å². The zero-order chi connectivity index (χ0) is 17.1. The smallest absolute Gasteiger partial charge is 0.254 e. The molecule has 0 bridgehead atoms. The molecule has 122 valence electrons. The Morgan fingerprint density at radius 2 is 1.91 bits per heavy atom. The fourth-order valence-electron chi connectivity index (χ4n) is 2.37. The van der Waals surface area contributed by atoms with Crippen LogP contribution in [0.25, 0.3) is 0 Å². The summed E-state index contributed by atoms with van der Waals surface area (Å²) in [6.45, 7) is 5.23. The minimum absolute atomic E-state index is 0.128. The highest BCUT2D eigenvalue weighted by Gasteiger charge is 2.22. The molecule has 0 aliphatic heterocycles. The number of carbonyl (C=O) groups is 1. The number of carbonyl (C=O) groups excluding carboxylic acids is 1. The molecule has 1 aromatic carbocycles. The minimum Gasteiger partial charge on any atom is -0.386 e. The predicted molar refractivity (Wildman–Crippen MR) is 87.0 cm³/mol. The molecule has 2 unspecified atom stereocenters. The van der Waals surface area contributed by atoms with Gasteiger partial charge in [-0.25, -0.2) is 9.37 Å². The molecular weight excluding hydrogens is 319 g/mol. The maximum atomic E-state index is 12.9. The van der Waals surface area contributed by atoms with Crippen LogP contribution < -0.4 is 5.32 Å². The SMILES string of the molecule is Cc1cc(C)c(C(=O)NC(C)C(O)c2ccc(F)cc2)c(Cl)n1. The number of aromatic nitrogens is 1. The number of amides is 1. The number of hydrogen-bond donors (Lipinski definition) is 2. The summed E-state index contributed by atoms with van der Waals surface area (Å²) in [5.74, 6) is -0.792. The molecule has 2 aromatic rings. The highest BCUT2D eigenvalue weighted by Crippen LogP contribution is 2.21. The Labute approximate surface area is 139 Å². The standard InChI is InChI=1S/C17H18ClFN2O2/c1-9-8-10(2)20-16(18)14(9)17(23)21-11(3)15(22)12-4-6-13(19)7-5-12/h4-8,11,15,22H,1-3H3,(H,21,23). The van der Waals surface area contributed by atoms with Crippen molar-refractivity contribution in [2.45, 2.75) is 32.9 Å². The van der Waals surface area contributed by atoms with Crippen molar-refractivity contribution in [1.82, 2.24) is 10.3 Å². The van der Waals surface area contributed by atoms with Crippen molar-refractivity contribution in [3.8, 4) is 0 Å². The molecular formula is C17H18ClFN2O2. The van der Waals surface area contributed by atoms with Crippen LogP contribution in [-0.2, 0) is 0 Å². The molecule has 1 heterocycles. The van der Waals surface area contributed by atoms with E-state index in [1.165, 1.54) is 24.3 Å². The zero-order valence-corrected chi connectivity index (χ0v) is 13.9. The second kappa shape index (κ2) is 7.06. The summed E-state index contributed by atoms with van der Waals surface area (Å²) < 4.78 is 12.9. The van der Waals surface area contributed by atoms with E-state index < -0.39 is 18.1 Å². The summed E-state index contributed by atoms with van der Waals surface area (Å²) in [5, 5.41) is 13.1. The molecule has 1 aromatic heterocycles. The fraction of sp³-hybridized carbons (Fsp3) is 0.294. The summed E-state index contributed by atoms with van der Waals surface area (Å²) in [6.07, 6.45) is -0.961. The van der Waals surface area contributed by atoms with Crippen molar-refractivity contribution in [3.63, 3.8) is 0 Å². The number of aliphatic hydroxyl groups is 1. The lowest BCUT2D eigenvalue weighted by atomic mass is 10.0. The molecule has 4 nitrogen and oxygen atoms in total. The van der Waals surface area contributed by atoms with Crippen molar-refractivity contribution in [2.75, 3.05) is 0 Å². The van der Waals surface area contributed by atoms with Crippen LogP contribution in [-0.4, -0.2) is 22.0 Å². The number of nitrogens with zero attached hydrogens (tertiary/aromatic N) is 1. The van der Waals surface area contributed by atoms with E-state index in [1.807, 2.05) is 0 Å². The van der Waals surface area contributed by atoms with E-state index in [4.69, 9.17) is 11.6 Å². The van der Waals surface area contributed by atoms with Crippen LogP contribution in [0.3, 0.4) is 0 Å². The summed E-state index contributed by atoms with van der Waals surface area (Å²) >= 11 is 6.05. The van der Waals surface area contributed by atoms with Gasteiger partial charge in [0, 0.05) is 5.69 Å². The third-order valence-electron chi connectivity index (χ3n) is 3.57. The second-order valence-electron chi connectivity index (χ2n) is 5.50. The molecule has 0 spiro atoms. The zero-order valence-electron chi connectivity index (χ0n) is 13.1. The lowest BCUT2D eigenvalue weighted by Crippen LogP contribution is -2.37. The quantitative estimate of drug-likeness (QED) is 0.842.